The van der Waals surface area contributed by atoms with Crippen LogP contribution in [-0.4, -0.2) is 10.9 Å². The number of anilines is 1. The van der Waals surface area contributed by atoms with Gasteiger partial charge in [-0.15, -0.1) is 16.4 Å². The molecule has 0 aliphatic heterocycles. The number of thiazole rings is 1. The number of ether oxygens (including phenoxy) is 2. The third-order valence-corrected chi connectivity index (χ3v) is 5.45. The van der Waals surface area contributed by atoms with Crippen molar-refractivity contribution in [2.75, 3.05) is 5.73 Å². The fourth-order valence-corrected chi connectivity index (χ4v) is 3.72. The topological polar surface area (TPSA) is 95.8 Å². The minimum Gasteiger partial charge on any atom is -0.453 e. The largest absolute Gasteiger partial charge is 0.453 e. The van der Waals surface area contributed by atoms with E-state index >= 15 is 4.39 Å². The van der Waals surface area contributed by atoms with Crippen LogP contribution in [0.5, 0.6) is 11.5 Å². The van der Waals surface area contributed by atoms with Gasteiger partial charge in [-0.05, 0) is 25.1 Å². The Morgan fingerprint density at radius 1 is 1.30 bits per heavy atom. The number of nitrogens with zero attached hydrogens (tertiary/aromatic N) is 2. The summed E-state index contributed by atoms with van der Waals surface area (Å²) in [6.07, 6.45) is -0.0512. The molecule has 0 radical (unpaired) electrons. The number of rotatable bonds is 6. The molecule has 4 N–H and O–H groups in total. The summed E-state index contributed by atoms with van der Waals surface area (Å²) in [5.74, 6) is 5.20. The lowest BCUT2D eigenvalue weighted by molar-refractivity contribution is 0.438. The molecule has 30 heavy (non-hydrogen) atoms. The van der Waals surface area contributed by atoms with E-state index in [4.69, 9.17) is 44.3 Å². The van der Waals surface area contributed by atoms with Gasteiger partial charge in [-0.1, -0.05) is 35.8 Å². The zero-order valence-electron chi connectivity index (χ0n) is 15.8. The molecule has 0 bridgehead atoms. The quantitative estimate of drug-likeness (QED) is 0.120. The summed E-state index contributed by atoms with van der Waals surface area (Å²) < 4.78 is 26.4. The highest BCUT2D eigenvalue weighted by Crippen LogP contribution is 2.36. The number of aromatic nitrogens is 1. The summed E-state index contributed by atoms with van der Waals surface area (Å²) in [6.45, 7) is 5.69. The maximum Gasteiger partial charge on any atom is 0.216 e. The van der Waals surface area contributed by atoms with Crippen molar-refractivity contribution in [2.24, 2.45) is 10.9 Å². The fourth-order valence-electron chi connectivity index (χ4n) is 2.59. The number of hydrazone groups is 1. The van der Waals surface area contributed by atoms with Gasteiger partial charge in [0.15, 0.2) is 11.6 Å². The van der Waals surface area contributed by atoms with Gasteiger partial charge in [0.05, 0.1) is 27.5 Å². The number of benzene rings is 2. The van der Waals surface area contributed by atoms with E-state index in [1.807, 2.05) is 6.92 Å². The van der Waals surface area contributed by atoms with Crippen LogP contribution in [-0.2, 0) is 11.2 Å². The van der Waals surface area contributed by atoms with Crippen molar-refractivity contribution < 1.29 is 13.9 Å². The van der Waals surface area contributed by atoms with Gasteiger partial charge >= 0.3 is 0 Å². The molecule has 6 nitrogen and oxygen atoms in total. The summed E-state index contributed by atoms with van der Waals surface area (Å²) in [6, 6.07) is 7.54. The molecule has 2 aromatic carbocycles. The van der Waals surface area contributed by atoms with Gasteiger partial charge in [0, 0.05) is 22.3 Å². The summed E-state index contributed by atoms with van der Waals surface area (Å²) in [7, 11) is 0. The average Bonchev–Trinajstić information content (AvgIpc) is 3.12. The van der Waals surface area contributed by atoms with Crippen molar-refractivity contribution in [3.63, 3.8) is 0 Å². The van der Waals surface area contributed by atoms with Crippen LogP contribution < -0.4 is 16.3 Å². The molecule has 0 spiro atoms. The fraction of sp³-hybridized carbons (Fsp3) is 0.100. The first-order valence-corrected chi connectivity index (χ1v) is 10.2. The van der Waals surface area contributed by atoms with Crippen LogP contribution in [0, 0.1) is 12.7 Å². The summed E-state index contributed by atoms with van der Waals surface area (Å²) in [5, 5.41) is 4.03. The standard InChI is InChI=1S/C20H17Cl2FN4O2S/c1-10-20(30-9-26-10)11(2)28-17(27-25)5-12-3-4-16(22)19(18(12)23)29-15-7-13(21)6-14(24)8-15/h3-4,6-9H,2,5,24-25H2,1H3/b27-17-. The molecule has 0 amide bonds. The first kappa shape index (κ1) is 21.9. The number of hydrogen-bond acceptors (Lipinski definition) is 7. The second kappa shape index (κ2) is 9.34. The summed E-state index contributed by atoms with van der Waals surface area (Å²) in [4.78, 5) is 4.89. The van der Waals surface area contributed by atoms with E-state index < -0.39 is 5.82 Å². The molecule has 0 saturated heterocycles. The van der Waals surface area contributed by atoms with Crippen molar-refractivity contribution in [1.82, 2.24) is 4.98 Å². The Kier molecular flexibility index (Phi) is 6.81. The van der Waals surface area contributed by atoms with Crippen molar-refractivity contribution in [1.29, 1.82) is 0 Å². The molecule has 156 valence electrons. The third kappa shape index (κ3) is 5.02. The van der Waals surface area contributed by atoms with E-state index in [1.54, 1.807) is 11.6 Å². The minimum atomic E-state index is -0.689. The Bertz CT molecular complexity index is 1110. The van der Waals surface area contributed by atoms with E-state index in [0.29, 0.717) is 16.5 Å². The number of aryl methyl sites for hydroxylation is 1. The van der Waals surface area contributed by atoms with Gasteiger partial charge in [-0.3, -0.25) is 0 Å². The van der Waals surface area contributed by atoms with E-state index in [0.717, 1.165) is 10.6 Å². The molecule has 1 aromatic heterocycles. The molecule has 10 heteroatoms. The Hall–Kier alpha value is -2.81. The van der Waals surface area contributed by atoms with Gasteiger partial charge in [-0.25, -0.2) is 9.37 Å². The zero-order valence-corrected chi connectivity index (χ0v) is 18.1. The lowest BCUT2D eigenvalue weighted by atomic mass is 10.1. The Morgan fingerprint density at radius 3 is 2.70 bits per heavy atom. The summed E-state index contributed by atoms with van der Waals surface area (Å²) >= 11 is 13.5. The van der Waals surface area contributed by atoms with Crippen LogP contribution in [0.15, 0.2) is 47.5 Å². The molecule has 0 aliphatic rings. The molecule has 1 heterocycles. The molecule has 0 saturated carbocycles. The molecule has 0 atom stereocenters. The van der Waals surface area contributed by atoms with Gasteiger partial charge in [0.2, 0.25) is 5.90 Å². The van der Waals surface area contributed by atoms with Crippen molar-refractivity contribution in [2.45, 2.75) is 13.3 Å². The number of nitrogen functional groups attached to an aromatic ring is 1. The van der Waals surface area contributed by atoms with Crippen LogP contribution in [0.1, 0.15) is 16.1 Å². The molecule has 0 unspecified atom stereocenters. The third-order valence-electron chi connectivity index (χ3n) is 3.97. The van der Waals surface area contributed by atoms with Gasteiger partial charge in [-0.2, -0.15) is 0 Å². The maximum atomic E-state index is 15.1. The predicted octanol–water partition coefficient (Wildman–Crippen LogP) is 5.77. The molecule has 0 aliphatic carbocycles. The van der Waals surface area contributed by atoms with E-state index in [1.165, 1.54) is 35.6 Å². The highest BCUT2D eigenvalue weighted by Gasteiger charge is 2.19. The number of nitrogens with two attached hydrogens (primary N) is 2. The van der Waals surface area contributed by atoms with Crippen LogP contribution in [0.4, 0.5) is 10.1 Å². The number of hydrogen-bond donors (Lipinski definition) is 2. The molecular formula is C20H17Cl2FN4O2S. The van der Waals surface area contributed by atoms with Crippen molar-refractivity contribution >= 4 is 51.9 Å². The molecule has 3 rings (SSSR count). The Labute approximate surface area is 186 Å². The number of halogens is 3. The van der Waals surface area contributed by atoms with E-state index in [-0.39, 0.29) is 34.4 Å². The van der Waals surface area contributed by atoms with Gasteiger partial charge in [0.25, 0.3) is 0 Å². The smallest absolute Gasteiger partial charge is 0.216 e. The second-order valence-electron chi connectivity index (χ2n) is 6.16. The first-order valence-electron chi connectivity index (χ1n) is 8.53. The average molecular weight is 467 g/mol. The Balaban J connectivity index is 1.83. The van der Waals surface area contributed by atoms with E-state index in [9.17, 15) is 0 Å². The monoisotopic (exact) mass is 466 g/mol. The van der Waals surface area contributed by atoms with Crippen LogP contribution in [0.25, 0.3) is 5.76 Å². The summed E-state index contributed by atoms with van der Waals surface area (Å²) in [5.41, 5.74) is 8.76. The lowest BCUT2D eigenvalue weighted by Gasteiger charge is -2.14. The SMILES string of the molecule is C=C(O/C(Cc1ccc(Cl)c(Oc2cc(N)cc(Cl)c2)c1F)=N\N)c1scnc1C. The predicted molar refractivity (Wildman–Crippen MR) is 120 cm³/mol. The molecule has 0 fully saturated rings. The van der Waals surface area contributed by atoms with E-state index in [2.05, 4.69) is 16.7 Å². The molecule has 3 aromatic rings. The Morgan fingerprint density at radius 2 is 2.07 bits per heavy atom. The van der Waals surface area contributed by atoms with Crippen LogP contribution >= 0.6 is 34.5 Å². The second-order valence-corrected chi connectivity index (χ2v) is 7.86. The highest BCUT2D eigenvalue weighted by atomic mass is 35.5. The van der Waals surface area contributed by atoms with Crippen molar-refractivity contribution in [3.8, 4) is 11.5 Å². The molecular weight excluding hydrogens is 450 g/mol. The zero-order chi connectivity index (χ0) is 21.8. The van der Waals surface area contributed by atoms with Crippen LogP contribution in [0.2, 0.25) is 10.0 Å². The first-order chi connectivity index (χ1) is 14.3. The van der Waals surface area contributed by atoms with Gasteiger partial charge in [0.1, 0.15) is 11.5 Å². The highest BCUT2D eigenvalue weighted by molar-refractivity contribution is 7.10. The normalized spacial score (nSPS) is 11.4. The van der Waals surface area contributed by atoms with Crippen molar-refractivity contribution in [3.05, 3.63) is 74.4 Å². The van der Waals surface area contributed by atoms with Gasteiger partial charge < -0.3 is 21.1 Å². The lowest BCUT2D eigenvalue weighted by Crippen LogP contribution is -2.12. The minimum absolute atomic E-state index is 0.0512. The van der Waals surface area contributed by atoms with Crippen LogP contribution in [0.3, 0.4) is 0 Å². The maximum absolute atomic E-state index is 15.1.